The first-order valence-electron chi connectivity index (χ1n) is 9.13. The van der Waals surface area contributed by atoms with Gasteiger partial charge >= 0.3 is 0 Å². The Balaban J connectivity index is 1.57. The molecule has 0 spiro atoms. The van der Waals surface area contributed by atoms with Crippen LogP contribution in [-0.4, -0.2) is 15.0 Å². The molecular formula is C22H19BrN6. The molecule has 1 aromatic heterocycles. The third-order valence-electron chi connectivity index (χ3n) is 4.06. The second-order valence-electron chi connectivity index (χ2n) is 6.27. The van der Waals surface area contributed by atoms with Gasteiger partial charge < -0.3 is 16.0 Å². The van der Waals surface area contributed by atoms with Gasteiger partial charge in [0, 0.05) is 22.4 Å². The first-order chi connectivity index (χ1) is 14.2. The number of hydrogen-bond acceptors (Lipinski definition) is 6. The average Bonchev–Trinajstić information content (AvgIpc) is 2.75. The van der Waals surface area contributed by atoms with E-state index in [4.69, 9.17) is 0 Å². The SMILES string of the molecule is Brc1ccc(CNc2nc(Nc3ccccc3)nc(Nc3ccccc3)n2)cc1. The van der Waals surface area contributed by atoms with Crippen LogP contribution >= 0.6 is 15.9 Å². The molecule has 4 aromatic rings. The van der Waals surface area contributed by atoms with Gasteiger partial charge in [-0.05, 0) is 42.0 Å². The molecule has 4 rings (SSSR count). The molecule has 1 heterocycles. The monoisotopic (exact) mass is 446 g/mol. The number of rotatable bonds is 7. The van der Waals surface area contributed by atoms with Gasteiger partial charge in [0.1, 0.15) is 0 Å². The first kappa shape index (κ1) is 18.9. The highest BCUT2D eigenvalue weighted by Crippen LogP contribution is 2.19. The van der Waals surface area contributed by atoms with Gasteiger partial charge in [0.05, 0.1) is 0 Å². The smallest absolute Gasteiger partial charge is 0.233 e. The quantitative estimate of drug-likeness (QED) is 0.336. The number of aromatic nitrogens is 3. The van der Waals surface area contributed by atoms with Gasteiger partial charge in [0.15, 0.2) is 0 Å². The molecule has 6 nitrogen and oxygen atoms in total. The first-order valence-corrected chi connectivity index (χ1v) is 9.92. The van der Waals surface area contributed by atoms with E-state index >= 15 is 0 Å². The van der Waals surface area contributed by atoms with E-state index in [1.54, 1.807) is 0 Å². The van der Waals surface area contributed by atoms with Crippen molar-refractivity contribution in [2.75, 3.05) is 16.0 Å². The van der Waals surface area contributed by atoms with Crippen LogP contribution in [0.2, 0.25) is 0 Å². The molecule has 0 aliphatic heterocycles. The summed E-state index contributed by atoms with van der Waals surface area (Å²) in [4.78, 5) is 13.5. The van der Waals surface area contributed by atoms with Gasteiger partial charge in [0.25, 0.3) is 0 Å². The number of nitrogens with one attached hydrogen (secondary N) is 3. The van der Waals surface area contributed by atoms with Crippen molar-refractivity contribution in [1.29, 1.82) is 0 Å². The summed E-state index contributed by atoms with van der Waals surface area (Å²) in [6.07, 6.45) is 0. The zero-order valence-electron chi connectivity index (χ0n) is 15.5. The molecule has 0 saturated heterocycles. The van der Waals surface area contributed by atoms with Crippen LogP contribution in [0.1, 0.15) is 5.56 Å². The summed E-state index contributed by atoms with van der Waals surface area (Å²) in [7, 11) is 0. The lowest BCUT2D eigenvalue weighted by Crippen LogP contribution is -2.09. The zero-order chi connectivity index (χ0) is 19.9. The Bertz CT molecular complexity index is 996. The summed E-state index contributed by atoms with van der Waals surface area (Å²) in [6, 6.07) is 27.7. The Kier molecular flexibility index (Phi) is 5.97. The lowest BCUT2D eigenvalue weighted by molar-refractivity contribution is 1.01. The third kappa shape index (κ3) is 5.52. The molecular weight excluding hydrogens is 428 g/mol. The van der Waals surface area contributed by atoms with Gasteiger partial charge in [-0.3, -0.25) is 0 Å². The average molecular weight is 447 g/mol. The van der Waals surface area contributed by atoms with Crippen molar-refractivity contribution in [3.05, 3.63) is 95.0 Å². The molecule has 7 heteroatoms. The molecule has 0 saturated carbocycles. The molecule has 29 heavy (non-hydrogen) atoms. The molecule has 0 aliphatic rings. The predicted molar refractivity (Wildman–Crippen MR) is 121 cm³/mol. The minimum Gasteiger partial charge on any atom is -0.350 e. The third-order valence-corrected chi connectivity index (χ3v) is 4.59. The van der Waals surface area contributed by atoms with Crippen molar-refractivity contribution < 1.29 is 0 Å². The van der Waals surface area contributed by atoms with Gasteiger partial charge in [-0.1, -0.05) is 64.5 Å². The van der Waals surface area contributed by atoms with Crippen LogP contribution in [0.25, 0.3) is 0 Å². The molecule has 0 radical (unpaired) electrons. The number of halogens is 1. The van der Waals surface area contributed by atoms with E-state index in [2.05, 4.69) is 46.8 Å². The largest absolute Gasteiger partial charge is 0.350 e. The maximum absolute atomic E-state index is 4.51. The lowest BCUT2D eigenvalue weighted by Gasteiger charge is -2.11. The van der Waals surface area contributed by atoms with Crippen LogP contribution in [0.15, 0.2) is 89.4 Å². The number of benzene rings is 3. The minimum atomic E-state index is 0.461. The molecule has 0 unspecified atom stereocenters. The second-order valence-corrected chi connectivity index (χ2v) is 7.18. The maximum Gasteiger partial charge on any atom is 0.233 e. The summed E-state index contributed by atoms with van der Waals surface area (Å²) >= 11 is 3.45. The highest BCUT2D eigenvalue weighted by molar-refractivity contribution is 9.10. The fourth-order valence-electron chi connectivity index (χ4n) is 2.65. The summed E-state index contributed by atoms with van der Waals surface area (Å²) < 4.78 is 1.05. The Labute approximate surface area is 177 Å². The van der Waals surface area contributed by atoms with E-state index in [0.29, 0.717) is 24.4 Å². The van der Waals surface area contributed by atoms with E-state index in [0.717, 1.165) is 21.4 Å². The van der Waals surface area contributed by atoms with Crippen molar-refractivity contribution in [3.63, 3.8) is 0 Å². The predicted octanol–water partition coefficient (Wildman–Crippen LogP) is 5.73. The Morgan fingerprint density at radius 2 is 1.07 bits per heavy atom. The molecule has 3 N–H and O–H groups in total. The molecule has 0 bridgehead atoms. The van der Waals surface area contributed by atoms with Crippen LogP contribution in [-0.2, 0) is 6.54 Å². The molecule has 0 aliphatic carbocycles. The molecule has 0 amide bonds. The van der Waals surface area contributed by atoms with Crippen molar-refractivity contribution in [1.82, 2.24) is 15.0 Å². The van der Waals surface area contributed by atoms with Gasteiger partial charge in [-0.2, -0.15) is 15.0 Å². The van der Waals surface area contributed by atoms with Crippen molar-refractivity contribution in [2.24, 2.45) is 0 Å². The second kappa shape index (κ2) is 9.16. The fourth-order valence-corrected chi connectivity index (χ4v) is 2.92. The van der Waals surface area contributed by atoms with Gasteiger partial charge in [-0.15, -0.1) is 0 Å². The Hall–Kier alpha value is -3.45. The number of para-hydroxylation sites is 2. The lowest BCUT2D eigenvalue weighted by atomic mass is 10.2. The van der Waals surface area contributed by atoms with Crippen LogP contribution < -0.4 is 16.0 Å². The fraction of sp³-hybridized carbons (Fsp3) is 0.0455. The summed E-state index contributed by atoms with van der Waals surface area (Å²) in [5.74, 6) is 1.41. The van der Waals surface area contributed by atoms with Gasteiger partial charge in [0.2, 0.25) is 17.8 Å². The number of anilines is 5. The Morgan fingerprint density at radius 1 is 0.586 bits per heavy atom. The zero-order valence-corrected chi connectivity index (χ0v) is 17.1. The van der Waals surface area contributed by atoms with E-state index in [-0.39, 0.29) is 0 Å². The van der Waals surface area contributed by atoms with Gasteiger partial charge in [-0.25, -0.2) is 0 Å². The van der Waals surface area contributed by atoms with Crippen molar-refractivity contribution in [2.45, 2.75) is 6.54 Å². The van der Waals surface area contributed by atoms with Crippen LogP contribution in [0, 0.1) is 0 Å². The molecule has 0 fully saturated rings. The molecule has 144 valence electrons. The normalized spacial score (nSPS) is 10.4. The van der Waals surface area contributed by atoms with Crippen molar-refractivity contribution >= 4 is 45.1 Å². The topological polar surface area (TPSA) is 74.8 Å². The summed E-state index contributed by atoms with van der Waals surface area (Å²) in [6.45, 7) is 0.604. The summed E-state index contributed by atoms with van der Waals surface area (Å²) in [5, 5.41) is 9.73. The summed E-state index contributed by atoms with van der Waals surface area (Å²) in [5.41, 5.74) is 2.94. The highest BCUT2D eigenvalue weighted by Gasteiger charge is 2.08. The highest BCUT2D eigenvalue weighted by atomic mass is 79.9. The van der Waals surface area contributed by atoms with E-state index in [9.17, 15) is 0 Å². The van der Waals surface area contributed by atoms with E-state index in [1.807, 2.05) is 84.9 Å². The number of nitrogens with zero attached hydrogens (tertiary/aromatic N) is 3. The van der Waals surface area contributed by atoms with Crippen molar-refractivity contribution in [3.8, 4) is 0 Å². The van der Waals surface area contributed by atoms with E-state index in [1.165, 1.54) is 0 Å². The molecule has 3 aromatic carbocycles. The molecule has 0 atom stereocenters. The minimum absolute atomic E-state index is 0.461. The Morgan fingerprint density at radius 3 is 1.59 bits per heavy atom. The van der Waals surface area contributed by atoms with Crippen LogP contribution in [0.3, 0.4) is 0 Å². The van der Waals surface area contributed by atoms with Crippen LogP contribution in [0.4, 0.5) is 29.2 Å². The maximum atomic E-state index is 4.51. The van der Waals surface area contributed by atoms with E-state index < -0.39 is 0 Å². The standard InChI is InChI=1S/C22H19BrN6/c23-17-13-11-16(12-14-17)15-24-20-27-21(25-18-7-3-1-4-8-18)29-22(28-20)26-19-9-5-2-6-10-19/h1-14H,15H2,(H3,24,25,26,27,28,29). The number of hydrogen-bond donors (Lipinski definition) is 3. The van der Waals surface area contributed by atoms with Crippen LogP contribution in [0.5, 0.6) is 0 Å².